The summed E-state index contributed by atoms with van der Waals surface area (Å²) in [5.41, 5.74) is 5.28. The van der Waals surface area contributed by atoms with Crippen molar-refractivity contribution in [2.45, 2.75) is 39.0 Å². The maximum Gasteiger partial charge on any atom is 0.323 e. The molecule has 0 aliphatic rings. The van der Waals surface area contributed by atoms with E-state index in [-0.39, 0.29) is 23.7 Å². The van der Waals surface area contributed by atoms with E-state index in [1.165, 1.54) is 39.7 Å². The molecular weight excluding hydrogens is 477 g/mol. The summed E-state index contributed by atoms with van der Waals surface area (Å²) in [4.78, 5) is 36.9. The SMILES string of the molecule is COc1ccccc1C(=O)NP(=O)(CO[C@H](C)Cn1cnc2c(N)ncnc21)NC(C)(C)C(=O)O. The van der Waals surface area contributed by atoms with Crippen LogP contribution in [0.2, 0.25) is 0 Å². The summed E-state index contributed by atoms with van der Waals surface area (Å²) in [6.07, 6.45) is 1.86. The van der Waals surface area contributed by atoms with Crippen molar-refractivity contribution in [3.8, 4) is 5.75 Å². The fourth-order valence-electron chi connectivity index (χ4n) is 3.24. The van der Waals surface area contributed by atoms with Gasteiger partial charge in [-0.2, -0.15) is 0 Å². The normalized spacial score (nSPS) is 14.3. The molecule has 35 heavy (non-hydrogen) atoms. The molecule has 188 valence electrons. The van der Waals surface area contributed by atoms with Crippen LogP contribution in [0.5, 0.6) is 5.75 Å². The van der Waals surface area contributed by atoms with Gasteiger partial charge in [0.25, 0.3) is 13.4 Å². The Morgan fingerprint density at radius 1 is 1.26 bits per heavy atom. The van der Waals surface area contributed by atoms with E-state index in [1.54, 1.807) is 29.7 Å². The van der Waals surface area contributed by atoms with E-state index in [4.69, 9.17) is 15.2 Å². The lowest BCUT2D eigenvalue weighted by Crippen LogP contribution is -2.48. The second-order valence-electron chi connectivity index (χ2n) is 8.36. The number of carbonyl (C=O) groups excluding carboxylic acids is 1. The highest BCUT2D eigenvalue weighted by atomic mass is 31.2. The van der Waals surface area contributed by atoms with Crippen molar-refractivity contribution < 1.29 is 28.7 Å². The fraction of sp³-hybridized carbons (Fsp3) is 0.381. The monoisotopic (exact) mass is 505 g/mol. The predicted molar refractivity (Wildman–Crippen MR) is 128 cm³/mol. The molecule has 1 aromatic carbocycles. The molecule has 1 unspecified atom stereocenters. The molecule has 2 aromatic heterocycles. The minimum Gasteiger partial charge on any atom is -0.496 e. The zero-order chi connectivity index (χ0) is 25.8. The Hall–Kier alpha value is -3.54. The molecule has 0 saturated carbocycles. The molecule has 2 heterocycles. The van der Waals surface area contributed by atoms with Crippen molar-refractivity contribution in [2.24, 2.45) is 0 Å². The Labute approximate surface area is 201 Å². The fourth-order valence-corrected chi connectivity index (χ4v) is 5.34. The van der Waals surface area contributed by atoms with Crippen LogP contribution in [0.3, 0.4) is 0 Å². The van der Waals surface area contributed by atoms with Crippen LogP contribution in [0.25, 0.3) is 11.2 Å². The highest BCUT2D eigenvalue weighted by molar-refractivity contribution is 7.60. The third-order valence-electron chi connectivity index (χ3n) is 5.05. The topological polar surface area (TPSA) is 184 Å². The summed E-state index contributed by atoms with van der Waals surface area (Å²) in [5, 5.41) is 14.5. The third-order valence-corrected chi connectivity index (χ3v) is 7.05. The van der Waals surface area contributed by atoms with E-state index in [0.29, 0.717) is 11.2 Å². The van der Waals surface area contributed by atoms with Gasteiger partial charge in [-0.1, -0.05) is 12.1 Å². The number of aromatic nitrogens is 4. The molecule has 2 atom stereocenters. The third kappa shape index (κ3) is 6.13. The lowest BCUT2D eigenvalue weighted by molar-refractivity contribution is -0.142. The average molecular weight is 505 g/mol. The molecule has 1 amide bonds. The van der Waals surface area contributed by atoms with Gasteiger partial charge in [-0.3, -0.25) is 19.2 Å². The number of aliphatic carboxylic acids is 1. The number of hydrogen-bond donors (Lipinski definition) is 4. The van der Waals surface area contributed by atoms with Gasteiger partial charge >= 0.3 is 5.97 Å². The van der Waals surface area contributed by atoms with Crippen LogP contribution in [-0.2, 0) is 20.6 Å². The quantitative estimate of drug-likeness (QED) is 0.279. The van der Waals surface area contributed by atoms with E-state index in [9.17, 15) is 19.3 Å². The van der Waals surface area contributed by atoms with Crippen LogP contribution >= 0.6 is 7.44 Å². The summed E-state index contributed by atoms with van der Waals surface area (Å²) in [7, 11) is -2.52. The van der Waals surface area contributed by atoms with Crippen LogP contribution in [0, 0.1) is 0 Å². The van der Waals surface area contributed by atoms with Gasteiger partial charge in [0.2, 0.25) is 0 Å². The molecule has 3 rings (SSSR count). The maximum atomic E-state index is 13.8. The molecule has 3 aromatic rings. The number of para-hydroxylation sites is 1. The van der Waals surface area contributed by atoms with Crippen molar-refractivity contribution in [2.75, 3.05) is 19.2 Å². The van der Waals surface area contributed by atoms with Crippen molar-refractivity contribution >= 4 is 36.3 Å². The van der Waals surface area contributed by atoms with Crippen LogP contribution in [0.15, 0.2) is 36.9 Å². The minimum absolute atomic E-state index is 0.139. The second kappa shape index (κ2) is 10.4. The van der Waals surface area contributed by atoms with Gasteiger partial charge in [0.05, 0.1) is 31.6 Å². The number of nitrogens with one attached hydrogen (secondary N) is 2. The van der Waals surface area contributed by atoms with Gasteiger partial charge in [0.1, 0.15) is 29.5 Å². The number of amides is 1. The molecule has 0 spiro atoms. The number of methoxy groups -OCH3 is 1. The summed E-state index contributed by atoms with van der Waals surface area (Å²) >= 11 is 0. The first kappa shape index (κ1) is 26.1. The summed E-state index contributed by atoms with van der Waals surface area (Å²) < 4.78 is 26.4. The van der Waals surface area contributed by atoms with Crippen molar-refractivity contribution in [3.63, 3.8) is 0 Å². The maximum absolute atomic E-state index is 13.8. The molecule has 0 aliphatic carbocycles. The second-order valence-corrected chi connectivity index (χ2v) is 10.5. The van der Waals surface area contributed by atoms with Crippen LogP contribution in [0.1, 0.15) is 31.1 Å². The van der Waals surface area contributed by atoms with Crippen LogP contribution < -0.4 is 20.6 Å². The number of benzene rings is 1. The number of nitrogen functional groups attached to an aromatic ring is 1. The molecule has 0 bridgehead atoms. The average Bonchev–Trinajstić information content (AvgIpc) is 3.21. The highest BCUT2D eigenvalue weighted by Crippen LogP contribution is 2.40. The Kier molecular flexibility index (Phi) is 7.73. The predicted octanol–water partition coefficient (Wildman–Crippen LogP) is 1.86. The van der Waals surface area contributed by atoms with E-state index >= 15 is 0 Å². The summed E-state index contributed by atoms with van der Waals surface area (Å²) in [5.74, 6) is -1.44. The minimum atomic E-state index is -3.93. The van der Waals surface area contributed by atoms with Gasteiger partial charge in [0.15, 0.2) is 11.5 Å². The number of imidazole rings is 1. The number of carboxylic acid groups (broad SMARTS) is 1. The Bertz CT molecular complexity index is 1280. The number of fused-ring (bicyclic) bond motifs is 1. The van der Waals surface area contributed by atoms with Crippen molar-refractivity contribution in [1.82, 2.24) is 29.7 Å². The molecule has 0 aliphatic heterocycles. The first-order valence-electron chi connectivity index (χ1n) is 10.6. The molecule has 0 radical (unpaired) electrons. The molecule has 0 saturated heterocycles. The van der Waals surface area contributed by atoms with Crippen LogP contribution in [0.4, 0.5) is 5.82 Å². The van der Waals surface area contributed by atoms with Gasteiger partial charge in [-0.05, 0) is 32.9 Å². The molecule has 13 nitrogen and oxygen atoms in total. The lowest BCUT2D eigenvalue weighted by atomic mass is 10.1. The molecule has 5 N–H and O–H groups in total. The number of carboxylic acids is 1. The Morgan fingerprint density at radius 3 is 2.66 bits per heavy atom. The van der Waals surface area contributed by atoms with E-state index in [2.05, 4.69) is 25.1 Å². The molecular formula is C21H28N7O6P. The lowest BCUT2D eigenvalue weighted by Gasteiger charge is -2.29. The number of rotatable bonds is 11. The van der Waals surface area contributed by atoms with Gasteiger partial charge < -0.3 is 24.9 Å². The molecule has 0 fully saturated rings. The number of hydrogen-bond acceptors (Lipinski definition) is 9. The van der Waals surface area contributed by atoms with E-state index in [0.717, 1.165) is 0 Å². The van der Waals surface area contributed by atoms with Crippen molar-refractivity contribution in [1.29, 1.82) is 0 Å². The number of carbonyl (C=O) groups is 2. The van der Waals surface area contributed by atoms with Gasteiger partial charge in [-0.15, -0.1) is 0 Å². The van der Waals surface area contributed by atoms with Crippen LogP contribution in [-0.4, -0.2) is 61.6 Å². The summed E-state index contributed by atoms with van der Waals surface area (Å²) in [6, 6.07) is 6.40. The zero-order valence-corrected chi connectivity index (χ0v) is 20.7. The number of ether oxygens (including phenoxy) is 2. The summed E-state index contributed by atoms with van der Waals surface area (Å²) in [6.45, 7) is 4.67. The molecule has 14 heteroatoms. The van der Waals surface area contributed by atoms with E-state index in [1.807, 2.05) is 0 Å². The smallest absolute Gasteiger partial charge is 0.323 e. The van der Waals surface area contributed by atoms with Crippen molar-refractivity contribution in [3.05, 3.63) is 42.5 Å². The van der Waals surface area contributed by atoms with Gasteiger partial charge in [0, 0.05) is 0 Å². The number of nitrogens with two attached hydrogens (primary N) is 1. The Morgan fingerprint density at radius 2 is 1.97 bits per heavy atom. The first-order valence-corrected chi connectivity index (χ1v) is 12.5. The highest BCUT2D eigenvalue weighted by Gasteiger charge is 2.38. The number of nitrogens with zero attached hydrogens (tertiary/aromatic N) is 4. The van der Waals surface area contributed by atoms with E-state index < -0.39 is 37.3 Å². The van der Waals surface area contributed by atoms with Gasteiger partial charge in [-0.25, -0.2) is 20.0 Å². The Balaban J connectivity index is 1.78. The largest absolute Gasteiger partial charge is 0.496 e. The zero-order valence-electron chi connectivity index (χ0n) is 19.8. The first-order chi connectivity index (χ1) is 16.5. The number of anilines is 1. The standard InChI is InChI=1S/C21H28N7O6P/c1-13(9-28-11-25-16-17(22)23-10-24-18(16)28)34-12-35(32,27-21(2,3)20(30)31)26-19(29)14-7-5-6-8-15(14)33-4/h5-8,10-11,13H,9,12H2,1-4H3,(H,30,31)(H2,22,23,24)(H2,26,27,29,32)/t13-,35?/m1/s1.